The molecule has 1 fully saturated rings. The maximum absolute atomic E-state index is 12.4. The molecule has 1 atom stereocenters. The van der Waals surface area contributed by atoms with E-state index in [9.17, 15) is 14.7 Å². The van der Waals surface area contributed by atoms with Gasteiger partial charge in [-0.25, -0.2) is 14.6 Å². The van der Waals surface area contributed by atoms with E-state index in [1.807, 2.05) is 93.6 Å². The molecule has 60 heavy (non-hydrogen) atoms. The third kappa shape index (κ3) is 10.1. The van der Waals surface area contributed by atoms with E-state index in [0.717, 1.165) is 47.2 Å². The Balaban J connectivity index is 0.932. The topological polar surface area (TPSA) is 162 Å². The lowest BCUT2D eigenvalue weighted by atomic mass is 9.77. The number of thiazole rings is 1. The van der Waals surface area contributed by atoms with E-state index < -0.39 is 23.2 Å². The van der Waals surface area contributed by atoms with Crippen LogP contribution in [0.25, 0.3) is 0 Å². The number of anilines is 1. The number of aromatic nitrogens is 1. The molecule has 1 unspecified atom stereocenters. The van der Waals surface area contributed by atoms with Gasteiger partial charge in [-0.1, -0.05) is 102 Å². The number of hydrogen-bond acceptors (Lipinski definition) is 10. The number of oxime groups is 1. The van der Waals surface area contributed by atoms with Gasteiger partial charge < -0.3 is 39.9 Å². The Hall–Kier alpha value is -6.41. The van der Waals surface area contributed by atoms with Crippen molar-refractivity contribution < 1.29 is 29.0 Å². The van der Waals surface area contributed by atoms with Crippen LogP contribution >= 0.6 is 11.3 Å². The Morgan fingerprint density at radius 2 is 1.53 bits per heavy atom. The number of aliphatic carboxylic acids is 1. The average molecular weight is 830 g/mol. The molecule has 0 aliphatic carbocycles. The Morgan fingerprint density at radius 3 is 2.15 bits per heavy atom. The molecule has 14 heteroatoms. The highest BCUT2D eigenvalue weighted by Crippen LogP contribution is 2.40. The zero-order valence-electron chi connectivity index (χ0n) is 34.1. The number of carbonyl (C=O) groups excluding carboxylic acids is 1. The number of amides is 1. The van der Waals surface area contributed by atoms with Gasteiger partial charge in [0.1, 0.15) is 29.2 Å². The van der Waals surface area contributed by atoms with Crippen LogP contribution in [-0.4, -0.2) is 88.6 Å². The summed E-state index contributed by atoms with van der Waals surface area (Å²) >= 11 is 1.29. The second-order valence-corrected chi connectivity index (χ2v) is 16.7. The normalized spacial score (nSPS) is 15.5. The minimum absolute atomic E-state index is 0.0251. The van der Waals surface area contributed by atoms with Crippen LogP contribution in [0.5, 0.6) is 5.75 Å². The summed E-state index contributed by atoms with van der Waals surface area (Å²) in [7, 11) is 0. The van der Waals surface area contributed by atoms with Crippen LogP contribution in [0.3, 0.4) is 0 Å². The minimum Gasteiger partial charge on any atom is -0.490 e. The fourth-order valence-electron chi connectivity index (χ4n) is 7.62. The predicted molar refractivity (Wildman–Crippen MR) is 233 cm³/mol. The molecular formula is C46H51N7O6S. The first kappa shape index (κ1) is 41.7. The number of ether oxygens (including phenoxy) is 2. The number of fused-ring (bicyclic) bond motifs is 1. The number of nitrogens with zero attached hydrogens (tertiary/aromatic N) is 4. The molecule has 0 bridgehead atoms. The number of rotatable bonds is 14. The number of hydrogen-bond donors (Lipinski definition) is 4. The molecule has 0 saturated carbocycles. The van der Waals surface area contributed by atoms with Crippen molar-refractivity contribution >= 4 is 40.2 Å². The largest absolute Gasteiger partial charge is 0.490 e. The molecule has 1 amide bonds. The summed E-state index contributed by atoms with van der Waals surface area (Å²) in [6, 6.07) is 36.2. The predicted octanol–water partition coefficient (Wildman–Crippen LogP) is 7.57. The molecule has 0 radical (unpaired) electrons. The lowest BCUT2D eigenvalue weighted by molar-refractivity contribution is -0.129. The first-order valence-electron chi connectivity index (χ1n) is 20.1. The van der Waals surface area contributed by atoms with E-state index >= 15 is 0 Å². The number of carbonyl (C=O) groups is 2. The summed E-state index contributed by atoms with van der Waals surface area (Å²) in [5, 5.41) is 31.7. The van der Waals surface area contributed by atoms with Gasteiger partial charge in [-0.05, 0) is 79.5 Å². The summed E-state index contributed by atoms with van der Waals surface area (Å²) in [6.45, 7) is 9.06. The molecule has 5 aromatic rings. The highest BCUT2D eigenvalue weighted by atomic mass is 32.1. The third-order valence-corrected chi connectivity index (χ3v) is 11.2. The number of benzene rings is 4. The monoisotopic (exact) mass is 829 g/mol. The number of guanidine groups is 1. The molecule has 2 aliphatic heterocycles. The summed E-state index contributed by atoms with van der Waals surface area (Å²) < 4.78 is 11.3. The molecule has 4 aromatic carbocycles. The Morgan fingerprint density at radius 1 is 0.883 bits per heavy atom. The molecular weight excluding hydrogens is 779 g/mol. The van der Waals surface area contributed by atoms with Gasteiger partial charge in [0.2, 0.25) is 5.71 Å². The van der Waals surface area contributed by atoms with Gasteiger partial charge in [0, 0.05) is 38.1 Å². The number of carboxylic acids is 1. The van der Waals surface area contributed by atoms with Gasteiger partial charge in [0.15, 0.2) is 17.7 Å². The Bertz CT molecular complexity index is 2180. The van der Waals surface area contributed by atoms with Crippen molar-refractivity contribution in [2.24, 2.45) is 11.1 Å². The molecule has 7 rings (SSSR count). The molecule has 2 aliphatic rings. The highest BCUT2D eigenvalue weighted by Gasteiger charge is 2.37. The summed E-state index contributed by atoms with van der Waals surface area (Å²) in [5.41, 5.74) is 3.79. The van der Waals surface area contributed by atoms with E-state index in [4.69, 9.17) is 24.7 Å². The maximum Gasteiger partial charge on any atom is 0.407 e. The molecule has 13 nitrogen and oxygen atoms in total. The number of nitrogens with one attached hydrogen (secondary N) is 3. The fraction of sp³-hybridized carbons (Fsp3) is 0.326. The number of carboxylic acid groups (broad SMARTS) is 1. The van der Waals surface area contributed by atoms with Crippen LogP contribution in [0.1, 0.15) is 60.7 Å². The molecule has 4 N–H and O–H groups in total. The van der Waals surface area contributed by atoms with Crippen LogP contribution in [0.4, 0.5) is 9.93 Å². The van der Waals surface area contributed by atoms with Gasteiger partial charge in [-0.2, -0.15) is 0 Å². The van der Waals surface area contributed by atoms with Crippen molar-refractivity contribution in [2.45, 2.75) is 51.3 Å². The van der Waals surface area contributed by atoms with Crippen LogP contribution in [0, 0.1) is 11.3 Å². The van der Waals surface area contributed by atoms with Gasteiger partial charge >= 0.3 is 12.1 Å². The van der Waals surface area contributed by atoms with Crippen LogP contribution in [-0.2, 0) is 32.9 Å². The van der Waals surface area contributed by atoms with E-state index in [-0.39, 0.29) is 30.5 Å². The van der Waals surface area contributed by atoms with Gasteiger partial charge in [0.05, 0.1) is 0 Å². The van der Waals surface area contributed by atoms with Crippen molar-refractivity contribution in [1.29, 1.82) is 5.41 Å². The van der Waals surface area contributed by atoms with E-state index in [1.165, 1.54) is 11.3 Å². The Kier molecular flexibility index (Phi) is 13.0. The first-order valence-corrected chi connectivity index (χ1v) is 21.0. The van der Waals surface area contributed by atoms with Crippen LogP contribution in [0.15, 0.2) is 120 Å². The van der Waals surface area contributed by atoms with Crippen molar-refractivity contribution in [1.82, 2.24) is 20.1 Å². The quantitative estimate of drug-likeness (QED) is 0.0289. The van der Waals surface area contributed by atoms with Crippen molar-refractivity contribution in [2.75, 3.05) is 44.7 Å². The van der Waals surface area contributed by atoms with Gasteiger partial charge in [-0.15, -0.1) is 11.3 Å². The number of alkyl carbamates (subject to hydrolysis) is 1. The SMILES string of the molecule is CC(C)(C)OC(=O)NCC1CCN(C(=N)N2CCc3cc(OCCO/N=C(\C(=O)O)c4csc(NC(c5ccccc5)(c5ccccc5)c5ccccc5)n4)ccc3C2)C1. The summed E-state index contributed by atoms with van der Waals surface area (Å²) in [4.78, 5) is 38.8. The molecule has 1 saturated heterocycles. The van der Waals surface area contributed by atoms with E-state index in [0.29, 0.717) is 43.0 Å². The molecule has 312 valence electrons. The summed E-state index contributed by atoms with van der Waals surface area (Å²) in [6.07, 6.45) is 1.26. The van der Waals surface area contributed by atoms with Crippen molar-refractivity contribution in [3.05, 3.63) is 148 Å². The van der Waals surface area contributed by atoms with Gasteiger partial charge in [-0.3, -0.25) is 5.41 Å². The van der Waals surface area contributed by atoms with Crippen LogP contribution in [0.2, 0.25) is 0 Å². The first-order chi connectivity index (χ1) is 29.0. The highest BCUT2D eigenvalue weighted by molar-refractivity contribution is 7.14. The third-order valence-electron chi connectivity index (χ3n) is 10.5. The maximum atomic E-state index is 12.4. The molecule has 1 aromatic heterocycles. The zero-order valence-corrected chi connectivity index (χ0v) is 34.9. The second kappa shape index (κ2) is 18.7. The molecule has 0 spiro atoms. The standard InChI is InChI=1S/C46H51N7O6S/c1-45(2,3)59-44(56)48-28-32-21-23-52(29-32)42(47)53-24-22-33-27-38(20-19-34(33)30-53)57-25-26-58-51-40(41(54)55)39-31-60-43(49-39)50-46(35-13-7-4-8-14-35,36-15-9-5-10-16-36)37-17-11-6-12-18-37/h4-20,27,31-32,47H,21-26,28-30H2,1-3H3,(H,48,56)(H,49,50)(H,54,55)/b47-42?,51-40-. The lowest BCUT2D eigenvalue weighted by Crippen LogP contribution is -2.45. The van der Waals surface area contributed by atoms with Gasteiger partial charge in [0.25, 0.3) is 0 Å². The van der Waals surface area contributed by atoms with Crippen molar-refractivity contribution in [3.8, 4) is 5.75 Å². The minimum atomic E-state index is -1.26. The second-order valence-electron chi connectivity index (χ2n) is 15.8. The number of likely N-dealkylation sites (tertiary alicyclic amines) is 1. The Labute approximate surface area is 354 Å². The van der Waals surface area contributed by atoms with E-state index in [2.05, 4.69) is 62.0 Å². The van der Waals surface area contributed by atoms with Crippen LogP contribution < -0.4 is 15.4 Å². The average Bonchev–Trinajstić information content (AvgIpc) is 3.93. The van der Waals surface area contributed by atoms with Crippen molar-refractivity contribution in [3.63, 3.8) is 0 Å². The van der Waals surface area contributed by atoms with E-state index in [1.54, 1.807) is 5.38 Å². The fourth-order valence-corrected chi connectivity index (χ4v) is 8.37. The zero-order chi connectivity index (χ0) is 42.1. The summed E-state index contributed by atoms with van der Waals surface area (Å²) in [5.74, 6) is 0.180. The smallest absolute Gasteiger partial charge is 0.407 e. The molecule has 3 heterocycles. The lowest BCUT2D eigenvalue weighted by Gasteiger charge is -2.36.